The van der Waals surface area contributed by atoms with Crippen molar-refractivity contribution >= 4 is 5.91 Å². The zero-order valence-corrected chi connectivity index (χ0v) is 16.6. The monoisotopic (exact) mass is 400 g/mol. The third-order valence-corrected chi connectivity index (χ3v) is 6.02. The van der Waals surface area contributed by atoms with Crippen LogP contribution in [0.4, 0.5) is 8.78 Å². The smallest absolute Gasteiger partial charge is 0.223 e. The molecule has 4 nitrogen and oxygen atoms in total. The van der Waals surface area contributed by atoms with Crippen LogP contribution in [0.5, 0.6) is 0 Å². The molecule has 154 valence electrons. The number of carbonyl (C=O) groups excluding carboxylic acids is 1. The molecule has 1 amide bonds. The zero-order chi connectivity index (χ0) is 20.4. The Morgan fingerprint density at radius 3 is 2.72 bits per heavy atom. The van der Waals surface area contributed by atoms with Gasteiger partial charge in [-0.2, -0.15) is 0 Å². The highest BCUT2D eigenvalue weighted by Gasteiger charge is 2.46. The summed E-state index contributed by atoms with van der Waals surface area (Å²) in [6.45, 7) is 5.21. The normalized spacial score (nSPS) is 24.1. The Morgan fingerprint density at radius 2 is 1.93 bits per heavy atom. The molecule has 2 saturated heterocycles. The van der Waals surface area contributed by atoms with Crippen LogP contribution in [0.2, 0.25) is 0 Å². The molecule has 2 aromatic carbocycles. The minimum absolute atomic E-state index is 0.0135. The first-order valence-corrected chi connectivity index (χ1v) is 10.0. The molecule has 29 heavy (non-hydrogen) atoms. The van der Waals surface area contributed by atoms with Crippen LogP contribution >= 0.6 is 0 Å². The Kier molecular flexibility index (Phi) is 5.65. The summed E-state index contributed by atoms with van der Waals surface area (Å²) in [6, 6.07) is 13.5. The Bertz CT molecular complexity index is 876. The Morgan fingerprint density at radius 1 is 1.14 bits per heavy atom. The molecule has 2 heterocycles. The van der Waals surface area contributed by atoms with E-state index in [1.54, 1.807) is 0 Å². The van der Waals surface area contributed by atoms with Crippen molar-refractivity contribution < 1.29 is 18.3 Å². The van der Waals surface area contributed by atoms with Gasteiger partial charge in [-0.25, -0.2) is 8.78 Å². The number of halogens is 2. The number of benzene rings is 2. The van der Waals surface area contributed by atoms with Gasteiger partial charge in [0.1, 0.15) is 11.6 Å². The lowest BCUT2D eigenvalue weighted by Crippen LogP contribution is -2.41. The maximum Gasteiger partial charge on any atom is 0.223 e. The fourth-order valence-electron chi connectivity index (χ4n) is 4.52. The van der Waals surface area contributed by atoms with E-state index in [-0.39, 0.29) is 17.4 Å². The van der Waals surface area contributed by atoms with E-state index in [2.05, 4.69) is 4.90 Å². The van der Waals surface area contributed by atoms with Gasteiger partial charge in [-0.3, -0.25) is 9.69 Å². The van der Waals surface area contributed by atoms with Gasteiger partial charge in [0, 0.05) is 43.6 Å². The van der Waals surface area contributed by atoms with Crippen molar-refractivity contribution in [3.63, 3.8) is 0 Å². The second kappa shape index (κ2) is 8.20. The number of likely N-dealkylation sites (tertiary alicyclic amines) is 1. The SMILES string of the molecule is CC(c1ccccc1)N1CC2(COCCN(Cc3cc(F)ccc3F)C2)CC1=O. The maximum absolute atomic E-state index is 14.1. The van der Waals surface area contributed by atoms with Crippen molar-refractivity contribution in [2.24, 2.45) is 5.41 Å². The molecule has 0 N–H and O–H groups in total. The van der Waals surface area contributed by atoms with Gasteiger partial charge in [0.2, 0.25) is 5.91 Å². The van der Waals surface area contributed by atoms with Gasteiger partial charge < -0.3 is 9.64 Å². The van der Waals surface area contributed by atoms with Crippen molar-refractivity contribution in [1.82, 2.24) is 9.80 Å². The fraction of sp³-hybridized carbons (Fsp3) is 0.435. The highest BCUT2D eigenvalue weighted by molar-refractivity contribution is 5.80. The summed E-state index contributed by atoms with van der Waals surface area (Å²) in [6.07, 6.45) is 0.409. The molecule has 0 radical (unpaired) electrons. The number of hydrogen-bond donors (Lipinski definition) is 0. The highest BCUT2D eigenvalue weighted by atomic mass is 19.1. The minimum atomic E-state index is -0.443. The van der Waals surface area contributed by atoms with E-state index in [1.807, 2.05) is 42.2 Å². The minimum Gasteiger partial charge on any atom is -0.379 e. The molecular formula is C23H26F2N2O2. The second-order valence-corrected chi connectivity index (χ2v) is 8.28. The van der Waals surface area contributed by atoms with Gasteiger partial charge in [-0.15, -0.1) is 0 Å². The average Bonchev–Trinajstić information content (AvgIpc) is 2.90. The summed E-state index contributed by atoms with van der Waals surface area (Å²) in [5.41, 5.74) is 1.10. The molecule has 2 fully saturated rings. The predicted molar refractivity (Wildman–Crippen MR) is 106 cm³/mol. The van der Waals surface area contributed by atoms with Gasteiger partial charge in [-0.1, -0.05) is 30.3 Å². The van der Waals surface area contributed by atoms with E-state index in [1.165, 1.54) is 6.07 Å². The molecular weight excluding hydrogens is 374 g/mol. The fourth-order valence-corrected chi connectivity index (χ4v) is 4.52. The Hall–Kier alpha value is -2.31. The van der Waals surface area contributed by atoms with Gasteiger partial charge in [-0.05, 0) is 30.7 Å². The van der Waals surface area contributed by atoms with E-state index >= 15 is 0 Å². The number of ether oxygens (including phenoxy) is 1. The van der Waals surface area contributed by atoms with Gasteiger partial charge in [0.05, 0.1) is 19.3 Å². The van der Waals surface area contributed by atoms with Gasteiger partial charge >= 0.3 is 0 Å². The number of rotatable bonds is 4. The van der Waals surface area contributed by atoms with Crippen LogP contribution < -0.4 is 0 Å². The van der Waals surface area contributed by atoms with Crippen molar-refractivity contribution in [3.05, 3.63) is 71.3 Å². The van der Waals surface area contributed by atoms with Crippen molar-refractivity contribution in [2.45, 2.75) is 25.9 Å². The summed E-state index contributed by atoms with van der Waals surface area (Å²) >= 11 is 0. The number of carbonyl (C=O) groups is 1. The van der Waals surface area contributed by atoms with E-state index in [0.29, 0.717) is 51.4 Å². The Labute approximate surface area is 170 Å². The van der Waals surface area contributed by atoms with E-state index in [4.69, 9.17) is 4.74 Å². The quantitative estimate of drug-likeness (QED) is 0.783. The maximum atomic E-state index is 14.1. The average molecular weight is 400 g/mol. The van der Waals surface area contributed by atoms with Gasteiger partial charge in [0.15, 0.2) is 0 Å². The van der Waals surface area contributed by atoms with E-state index in [9.17, 15) is 13.6 Å². The van der Waals surface area contributed by atoms with Crippen molar-refractivity contribution in [1.29, 1.82) is 0 Å². The summed E-state index contributed by atoms with van der Waals surface area (Å²) in [5, 5.41) is 0. The third kappa shape index (κ3) is 4.33. The summed E-state index contributed by atoms with van der Waals surface area (Å²) in [5.74, 6) is -0.739. The number of amides is 1. The molecule has 0 aliphatic carbocycles. The van der Waals surface area contributed by atoms with Crippen molar-refractivity contribution in [2.75, 3.05) is 32.8 Å². The lowest BCUT2D eigenvalue weighted by molar-refractivity contribution is -0.129. The van der Waals surface area contributed by atoms with E-state index in [0.717, 1.165) is 17.7 Å². The molecule has 2 aromatic rings. The first-order chi connectivity index (χ1) is 14.0. The second-order valence-electron chi connectivity index (χ2n) is 8.28. The first kappa shape index (κ1) is 20.0. The molecule has 0 aromatic heterocycles. The number of hydrogen-bond acceptors (Lipinski definition) is 3. The van der Waals surface area contributed by atoms with Crippen LogP contribution in [0.15, 0.2) is 48.5 Å². The largest absolute Gasteiger partial charge is 0.379 e. The molecule has 6 heteroatoms. The molecule has 0 bridgehead atoms. The lowest BCUT2D eigenvalue weighted by atomic mass is 9.87. The topological polar surface area (TPSA) is 32.8 Å². The van der Waals surface area contributed by atoms with Crippen LogP contribution in [-0.2, 0) is 16.1 Å². The Balaban J connectivity index is 1.51. The third-order valence-electron chi connectivity index (χ3n) is 6.02. The molecule has 0 saturated carbocycles. The molecule has 2 unspecified atom stereocenters. The van der Waals surface area contributed by atoms with Crippen molar-refractivity contribution in [3.8, 4) is 0 Å². The molecule has 2 aliphatic heterocycles. The number of nitrogens with zero attached hydrogens (tertiary/aromatic N) is 2. The summed E-state index contributed by atoms with van der Waals surface area (Å²) < 4.78 is 33.5. The summed E-state index contributed by atoms with van der Waals surface area (Å²) in [7, 11) is 0. The van der Waals surface area contributed by atoms with Crippen LogP contribution in [0.3, 0.4) is 0 Å². The molecule has 2 atom stereocenters. The standard InChI is InChI=1S/C23H26F2N2O2/c1-17(18-5-3-2-4-6-18)27-15-23(12-22(27)28)14-26(9-10-29-16-23)13-19-11-20(24)7-8-21(19)25/h2-8,11,17H,9-10,12-16H2,1H3. The predicted octanol–water partition coefficient (Wildman–Crippen LogP) is 3.78. The van der Waals surface area contributed by atoms with E-state index < -0.39 is 11.6 Å². The van der Waals surface area contributed by atoms with Crippen LogP contribution in [0.1, 0.15) is 30.5 Å². The lowest BCUT2D eigenvalue weighted by Gasteiger charge is -2.33. The van der Waals surface area contributed by atoms with Gasteiger partial charge in [0.25, 0.3) is 0 Å². The molecule has 1 spiro atoms. The molecule has 4 rings (SSSR count). The summed E-state index contributed by atoms with van der Waals surface area (Å²) in [4.78, 5) is 16.9. The first-order valence-electron chi connectivity index (χ1n) is 10.0. The molecule has 2 aliphatic rings. The van der Waals surface area contributed by atoms with Crippen LogP contribution in [-0.4, -0.2) is 48.6 Å². The zero-order valence-electron chi connectivity index (χ0n) is 16.6. The highest BCUT2D eigenvalue weighted by Crippen LogP contribution is 2.38. The van der Waals surface area contributed by atoms with Crippen LogP contribution in [0, 0.1) is 17.0 Å². The van der Waals surface area contributed by atoms with Crippen LogP contribution in [0.25, 0.3) is 0 Å².